The molecule has 3 saturated heterocycles. The van der Waals surface area contributed by atoms with Crippen LogP contribution >= 0.6 is 0 Å². The van der Waals surface area contributed by atoms with Crippen LogP contribution in [0.1, 0.15) is 211 Å². The van der Waals surface area contributed by atoms with Crippen LogP contribution in [0.2, 0.25) is 0 Å². The molecule has 6 aromatic carbocycles. The lowest BCUT2D eigenvalue weighted by atomic mass is 9.68. The highest BCUT2D eigenvalue weighted by Gasteiger charge is 2.56. The smallest absolute Gasteiger partial charge is 0.238 e. The Hall–Kier alpha value is -10.0. The maximum atomic E-state index is 9.34. The summed E-state index contributed by atoms with van der Waals surface area (Å²) in [5.74, 6) is 0. The summed E-state index contributed by atoms with van der Waals surface area (Å²) in [5, 5.41) is 5.95. The molecule has 8 aromatic heterocycles. The third-order valence-electron chi connectivity index (χ3n) is 25.2. The molecule has 19 rings (SSSR count). The van der Waals surface area contributed by atoms with Gasteiger partial charge in [0.1, 0.15) is 11.4 Å². The summed E-state index contributed by atoms with van der Waals surface area (Å²) in [6.45, 7) is 31.5. The fourth-order valence-corrected chi connectivity index (χ4v) is 19.8. The molecule has 14 aromatic rings. The number of aryl methyl sites for hydroxylation is 8. The van der Waals surface area contributed by atoms with Crippen molar-refractivity contribution in [2.45, 2.75) is 243 Å². The maximum absolute atomic E-state index is 9.34. The van der Waals surface area contributed by atoms with Crippen LogP contribution in [0.3, 0.4) is 0 Å². The van der Waals surface area contributed by atoms with Crippen molar-refractivity contribution < 1.29 is 35.0 Å². The third kappa shape index (κ3) is 14.0. The molecule has 0 N–H and O–H groups in total. The molecule has 0 radical (unpaired) electrons. The molecule has 11 heterocycles. The first kappa shape index (κ1) is 66.6. The van der Waals surface area contributed by atoms with E-state index in [0.717, 1.165) is 140 Å². The van der Waals surface area contributed by atoms with Crippen LogP contribution in [0.15, 0.2) is 202 Å². The van der Waals surface area contributed by atoms with Crippen molar-refractivity contribution in [1.29, 1.82) is 0 Å². The number of aromatic nitrogens is 7. The number of nitrogens with zero attached hydrogens (tertiary/aromatic N) is 10. The van der Waals surface area contributed by atoms with Crippen molar-refractivity contribution in [3.63, 3.8) is 0 Å². The van der Waals surface area contributed by atoms with E-state index in [9.17, 15) is 5.48 Å². The van der Waals surface area contributed by atoms with Crippen molar-refractivity contribution in [1.82, 2.24) is 24.3 Å². The molecule has 5 fully saturated rings. The zero-order valence-electron chi connectivity index (χ0n) is 78.4. The highest BCUT2D eigenvalue weighted by molar-refractivity contribution is 6.11. The van der Waals surface area contributed by atoms with Gasteiger partial charge in [-0.3, -0.25) is 0 Å². The van der Waals surface area contributed by atoms with Crippen molar-refractivity contribution in [3.8, 4) is 22.6 Å². The van der Waals surface area contributed by atoms with Gasteiger partial charge in [-0.05, 0) is 260 Å². The highest BCUT2D eigenvalue weighted by atomic mass is 16.3. The summed E-state index contributed by atoms with van der Waals surface area (Å²) in [4.78, 5) is 20.2. The van der Waals surface area contributed by atoms with E-state index in [1.807, 2.05) is 100 Å². The van der Waals surface area contributed by atoms with Crippen LogP contribution in [0.5, 0.6) is 0 Å². The Kier molecular flexibility index (Phi) is 17.7. The number of rotatable bonds is 6. The van der Waals surface area contributed by atoms with Crippen LogP contribution in [0, 0.1) is 64.7 Å². The van der Waals surface area contributed by atoms with Crippen LogP contribution in [-0.4, -0.2) is 59.1 Å². The van der Waals surface area contributed by atoms with Crippen LogP contribution in [0.4, 0.5) is 17.1 Å². The second kappa shape index (κ2) is 29.8. The van der Waals surface area contributed by atoms with Crippen molar-refractivity contribution in [2.24, 2.45) is 30.3 Å². The van der Waals surface area contributed by atoms with Gasteiger partial charge in [-0.15, -0.1) is 18.7 Å². The quantitative estimate of drug-likeness (QED) is 0.151. The Morgan fingerprint density at radius 3 is 1.28 bits per heavy atom. The fraction of sp³-hybridized carbons (Fsp3) is 0.424. The predicted octanol–water partition coefficient (Wildman–Crippen LogP) is 24.4. The van der Waals surface area contributed by atoms with Gasteiger partial charge < -0.3 is 28.0 Å². The molecule has 2 aliphatic carbocycles. The van der Waals surface area contributed by atoms with E-state index in [2.05, 4.69) is 241 Å². The highest BCUT2D eigenvalue weighted by Crippen LogP contribution is 2.60. The first-order chi connectivity index (χ1) is 57.1. The average molecular weight is 1510 g/mol. The van der Waals surface area contributed by atoms with Crippen molar-refractivity contribution >= 4 is 83.3 Å². The minimum Gasteiger partial charge on any atom is -0.436 e. The molecule has 13 nitrogen and oxygen atoms in total. The summed E-state index contributed by atoms with van der Waals surface area (Å²) in [6.07, 6.45) is 14.1. The van der Waals surface area contributed by atoms with Crippen molar-refractivity contribution in [3.05, 3.63) is 228 Å². The van der Waals surface area contributed by atoms with E-state index in [1.165, 1.54) is 46.6 Å². The number of hydrogen-bond acceptors (Lipinski definition) is 9. The molecule has 1 unspecified atom stereocenters. The molecular formula is C99H120N10O3+2. The first-order valence-electron chi connectivity index (χ1n) is 45.1. The number of benzene rings is 6. The number of furan rings is 3. The summed E-state index contributed by atoms with van der Waals surface area (Å²) in [6, 6.07) is 55.5. The first-order valence-corrected chi connectivity index (χ1v) is 40.6. The molecular weight excluding hydrogens is 1380 g/mol. The summed E-state index contributed by atoms with van der Waals surface area (Å²) < 4.78 is 107. The number of pyridine rings is 3. The molecule has 2 saturated carbocycles. The SMILES string of the molecule is Cc1ccccc1-n1ccc(-c2ccccc2)[n+]1C.Cc1ccccc1-n1ccc[n+]1C.[2H]C([2H])([2H])C1(C)[C@H](C)N(c2c(C)ccc3c2oc2nc(C)ccc23)C(C)(C)C1([2H])[2H].[2H]C1([2H])C2(CCCCC2)[C@H](C)N(c2c(C)ccc3c2oc2nc(C)ccc23)C1(C)C.[2H]C1([2H])C2(CCCCC2)[C@H](C)N(c2c(C)ccc3c2oc2ncccc23)C1(C)C. The Labute approximate surface area is 677 Å². The monoisotopic (exact) mass is 1510 g/mol. The minimum atomic E-state index is -2.48. The zero-order chi connectivity index (χ0) is 87.0. The van der Waals surface area contributed by atoms with E-state index < -0.39 is 54.0 Å². The number of anilines is 3. The predicted molar refractivity (Wildman–Crippen MR) is 464 cm³/mol. The van der Waals surface area contributed by atoms with Gasteiger partial charge in [0.05, 0.1) is 29.5 Å². The lowest BCUT2D eigenvalue weighted by Crippen LogP contribution is -2.44. The van der Waals surface area contributed by atoms with Gasteiger partial charge in [0.2, 0.25) is 22.8 Å². The molecule has 112 heavy (non-hydrogen) atoms. The van der Waals surface area contributed by atoms with E-state index in [4.69, 9.17) is 20.1 Å². The normalized spacial score (nSPS) is 23.3. The summed E-state index contributed by atoms with van der Waals surface area (Å²) in [5.41, 5.74) is 14.7. The fourth-order valence-electron chi connectivity index (χ4n) is 19.8. The van der Waals surface area contributed by atoms with Gasteiger partial charge in [0.15, 0.2) is 37.0 Å². The average Bonchev–Trinajstić information content (AvgIpc) is 1.53. The standard InChI is InChI=1S/C25H32N2O.C24H30N2O.C22H28N2O.C17H17N2.C11H13N2/c1-16-9-11-19-20-12-10-17(2)26-23(20)28-22(19)21(16)27-18(3)25(15-24(27,4)5)13-7-6-8-14-25;1-16-10-11-18-19-9-8-14-25-22(19)27-21(18)20(16)26-17(2)24(15-23(26,3)4)12-6-5-7-13-24;1-13-8-10-16-17-11-9-14(2)23-20(17)25-19(16)18(13)24-15(3)21(4,5)12-22(24,6)7;1-14-8-6-7-11-16(14)19-13-12-17(18(19)2)15-9-4-3-5-10-15;1-10-6-3-4-7-11(10)13-9-5-8-12(13)2/h9-12,18H,6-8,13-15H2,1-5H3;8-11,14,17H,5-7,12-13,15H2,1-4H3;8-11,15H,12H2,1-7H3;3-13H,1-2H3;3-9H,1-2H3/q;;;2*+1/t18-;17-;15-;;/m000../s1/i2*15D2;4D3,12D2;;/t2m;15-,21?;;. The van der Waals surface area contributed by atoms with Gasteiger partial charge in [-0.25, -0.2) is 15.0 Å². The van der Waals surface area contributed by atoms with E-state index in [0.29, 0.717) is 22.7 Å². The second-order valence-corrected chi connectivity index (χ2v) is 34.3. The molecule has 3 aliphatic heterocycles. The molecule has 13 heteroatoms. The van der Waals surface area contributed by atoms with Gasteiger partial charge >= 0.3 is 0 Å². The zero-order valence-corrected chi connectivity index (χ0v) is 69.4. The summed E-state index contributed by atoms with van der Waals surface area (Å²) in [7, 11) is 4.13. The van der Waals surface area contributed by atoms with Gasteiger partial charge in [0.25, 0.3) is 0 Å². The van der Waals surface area contributed by atoms with Crippen LogP contribution < -0.4 is 24.1 Å². The molecule has 582 valence electrons. The lowest BCUT2D eigenvalue weighted by molar-refractivity contribution is -0.744. The molecule has 2 spiro atoms. The Balaban J connectivity index is 0.000000121. The summed E-state index contributed by atoms with van der Waals surface area (Å²) >= 11 is 0. The lowest BCUT2D eigenvalue weighted by Gasteiger charge is -2.41. The molecule has 0 amide bonds. The van der Waals surface area contributed by atoms with E-state index in [1.54, 1.807) is 27.0 Å². The van der Waals surface area contributed by atoms with E-state index in [-0.39, 0.29) is 22.9 Å². The molecule has 4 atom stereocenters. The van der Waals surface area contributed by atoms with Crippen LogP contribution in [0.25, 0.3) is 88.8 Å². The minimum absolute atomic E-state index is 0.0926. The molecule has 0 bridgehead atoms. The second-order valence-electron chi connectivity index (χ2n) is 34.3. The maximum Gasteiger partial charge on any atom is 0.238 e. The Morgan fingerprint density at radius 2 is 0.830 bits per heavy atom. The van der Waals surface area contributed by atoms with Gasteiger partial charge in [-0.1, -0.05) is 143 Å². The molecule has 5 aliphatic rings. The largest absolute Gasteiger partial charge is 0.436 e. The van der Waals surface area contributed by atoms with Crippen molar-refractivity contribution in [2.75, 3.05) is 14.7 Å². The third-order valence-corrected chi connectivity index (χ3v) is 25.2. The number of hydrogen-bond donors (Lipinski definition) is 0. The topological polar surface area (TPSA) is 105 Å². The Bertz CT molecular complexity index is 6210. The van der Waals surface area contributed by atoms with Gasteiger partial charge in [0, 0.05) is 115 Å². The number of para-hydroxylation sites is 2. The Morgan fingerprint density at radius 1 is 0.411 bits per heavy atom. The number of fused-ring (bicyclic) bond motifs is 9. The van der Waals surface area contributed by atoms with Crippen LogP contribution in [-0.2, 0) is 14.1 Å². The van der Waals surface area contributed by atoms with Gasteiger partial charge in [-0.2, -0.15) is 0 Å². The van der Waals surface area contributed by atoms with E-state index >= 15 is 0 Å².